The van der Waals surface area contributed by atoms with Crippen LogP contribution >= 0.6 is 0 Å². The van der Waals surface area contributed by atoms with Crippen LogP contribution in [0.3, 0.4) is 0 Å². The van der Waals surface area contributed by atoms with E-state index in [0.717, 1.165) is 30.4 Å². The highest BCUT2D eigenvalue weighted by Crippen LogP contribution is 2.41. The molecule has 0 radical (unpaired) electrons. The molecule has 0 atom stereocenters. The minimum absolute atomic E-state index is 0.149. The van der Waals surface area contributed by atoms with Crippen molar-refractivity contribution in [3.8, 4) is 34.3 Å². The van der Waals surface area contributed by atoms with Crippen LogP contribution in [0, 0.1) is 13.8 Å². The van der Waals surface area contributed by atoms with E-state index >= 15 is 0 Å². The summed E-state index contributed by atoms with van der Waals surface area (Å²) in [5.74, 6) is 2.45. The lowest BCUT2D eigenvalue weighted by Gasteiger charge is -2.14. The van der Waals surface area contributed by atoms with Crippen LogP contribution in [0.5, 0.6) is 23.0 Å². The molecule has 0 aliphatic rings. The van der Waals surface area contributed by atoms with Gasteiger partial charge in [0.25, 0.3) is 0 Å². The molecule has 202 valence electrons. The number of aryl methyl sites for hydroxylation is 3. The molecule has 0 bridgehead atoms. The summed E-state index contributed by atoms with van der Waals surface area (Å²) in [6.45, 7) is 5.65. The first-order valence-corrected chi connectivity index (χ1v) is 12.8. The normalized spacial score (nSPS) is 11.2. The van der Waals surface area contributed by atoms with Crippen molar-refractivity contribution < 1.29 is 23.4 Å². The highest BCUT2D eigenvalue weighted by atomic mass is 16.5. The van der Waals surface area contributed by atoms with Crippen molar-refractivity contribution in [1.29, 1.82) is 0 Å². The van der Waals surface area contributed by atoms with Crippen LogP contribution < -0.4 is 24.4 Å². The van der Waals surface area contributed by atoms with Gasteiger partial charge >= 0.3 is 0 Å². The maximum atomic E-state index is 12.9. The van der Waals surface area contributed by atoms with E-state index in [2.05, 4.69) is 35.5 Å². The largest absolute Gasteiger partial charge is 0.493 e. The van der Waals surface area contributed by atoms with Gasteiger partial charge in [-0.1, -0.05) is 0 Å². The van der Waals surface area contributed by atoms with Crippen LogP contribution in [0.15, 0.2) is 64.1 Å². The molecular weight excluding hydrogens is 496 g/mol. The first-order chi connectivity index (χ1) is 18.9. The summed E-state index contributed by atoms with van der Waals surface area (Å²) >= 11 is 0. The molecule has 0 unspecified atom stereocenters. The lowest BCUT2D eigenvalue weighted by atomic mass is 10.1. The fourth-order valence-corrected chi connectivity index (χ4v) is 4.66. The van der Waals surface area contributed by atoms with Crippen molar-refractivity contribution in [1.82, 2.24) is 9.55 Å². The monoisotopic (exact) mass is 528 g/mol. The first-order valence-electron chi connectivity index (χ1n) is 12.8. The van der Waals surface area contributed by atoms with Gasteiger partial charge in [0.15, 0.2) is 16.9 Å². The minimum atomic E-state index is -0.149. The SMILES string of the molecule is COc1cc(-c2cc(=O)c3ccc(OCCCCn4cnc5cc(C)c(C)cc54)cc3o2)cc(OC)c1OC. The highest BCUT2D eigenvalue weighted by molar-refractivity contribution is 5.81. The van der Waals surface area contributed by atoms with Gasteiger partial charge in [-0.05, 0) is 74.2 Å². The summed E-state index contributed by atoms with van der Waals surface area (Å²) in [5, 5.41) is 0.482. The van der Waals surface area contributed by atoms with Crippen LogP contribution in [-0.2, 0) is 6.54 Å². The lowest BCUT2D eigenvalue weighted by Crippen LogP contribution is -2.03. The third-order valence-corrected chi connectivity index (χ3v) is 6.95. The Labute approximate surface area is 226 Å². The maximum absolute atomic E-state index is 12.9. The van der Waals surface area contributed by atoms with Gasteiger partial charge in [-0.15, -0.1) is 0 Å². The van der Waals surface area contributed by atoms with Gasteiger partial charge in [0.05, 0.1) is 50.7 Å². The molecule has 0 saturated heterocycles. The molecule has 0 fully saturated rings. The maximum Gasteiger partial charge on any atom is 0.203 e. The second-order valence-corrected chi connectivity index (χ2v) is 9.47. The van der Waals surface area contributed by atoms with Gasteiger partial charge in [-0.3, -0.25) is 4.79 Å². The molecule has 0 saturated carbocycles. The van der Waals surface area contributed by atoms with E-state index in [0.29, 0.717) is 51.9 Å². The number of hydrogen-bond acceptors (Lipinski definition) is 7. The third-order valence-electron chi connectivity index (χ3n) is 6.95. The average Bonchev–Trinajstić information content (AvgIpc) is 3.32. The Morgan fingerprint density at radius 2 is 1.62 bits per heavy atom. The van der Waals surface area contributed by atoms with Crippen molar-refractivity contribution in [2.45, 2.75) is 33.2 Å². The summed E-state index contributed by atoms with van der Waals surface area (Å²) in [4.78, 5) is 17.4. The van der Waals surface area contributed by atoms with Crippen LogP contribution in [0.2, 0.25) is 0 Å². The standard InChI is InChI=1S/C31H32N2O6/c1-19-12-24-25(13-20(19)2)33(18-32-24)10-6-7-11-38-22-8-9-23-26(34)17-27(39-28(23)16-22)21-14-29(35-3)31(37-5)30(15-21)36-4/h8-9,12-18H,6-7,10-11H2,1-5H3. The fourth-order valence-electron chi connectivity index (χ4n) is 4.66. The van der Waals surface area contributed by atoms with Crippen molar-refractivity contribution in [3.63, 3.8) is 0 Å². The molecule has 2 heterocycles. The minimum Gasteiger partial charge on any atom is -0.493 e. The molecule has 0 spiro atoms. The van der Waals surface area contributed by atoms with Crippen molar-refractivity contribution in [3.05, 3.63) is 76.2 Å². The summed E-state index contributed by atoms with van der Waals surface area (Å²) in [5.41, 5.74) is 5.63. The number of fused-ring (bicyclic) bond motifs is 2. The second-order valence-electron chi connectivity index (χ2n) is 9.47. The van der Waals surface area contributed by atoms with Gasteiger partial charge in [0.1, 0.15) is 17.1 Å². The first kappa shape index (κ1) is 26.2. The van der Waals surface area contributed by atoms with Gasteiger partial charge in [0, 0.05) is 24.2 Å². The van der Waals surface area contributed by atoms with Crippen molar-refractivity contribution in [2.24, 2.45) is 0 Å². The highest BCUT2D eigenvalue weighted by Gasteiger charge is 2.16. The molecule has 5 aromatic rings. The van der Waals surface area contributed by atoms with Gasteiger partial charge in [-0.2, -0.15) is 0 Å². The Balaban J connectivity index is 1.29. The predicted octanol–water partition coefficient (Wildman–Crippen LogP) is 6.31. The zero-order chi connectivity index (χ0) is 27.5. The van der Waals surface area contributed by atoms with E-state index in [4.69, 9.17) is 23.4 Å². The zero-order valence-electron chi connectivity index (χ0n) is 22.9. The molecule has 5 rings (SSSR count). The number of ether oxygens (including phenoxy) is 4. The number of hydrogen-bond donors (Lipinski definition) is 0. The predicted molar refractivity (Wildman–Crippen MR) is 152 cm³/mol. The van der Waals surface area contributed by atoms with Crippen molar-refractivity contribution >= 4 is 22.0 Å². The topological polar surface area (TPSA) is 85.0 Å². The van der Waals surface area contributed by atoms with Crippen LogP contribution in [0.25, 0.3) is 33.3 Å². The number of methoxy groups -OCH3 is 3. The summed E-state index contributed by atoms with van der Waals surface area (Å²) in [7, 11) is 4.63. The number of nitrogens with zero attached hydrogens (tertiary/aromatic N) is 2. The van der Waals surface area contributed by atoms with E-state index in [1.807, 2.05) is 6.33 Å². The molecule has 0 N–H and O–H groups in total. The molecule has 8 heteroatoms. The second kappa shape index (κ2) is 11.1. The number of rotatable bonds is 10. The Bertz CT molecular complexity index is 1680. The zero-order valence-corrected chi connectivity index (χ0v) is 22.9. The average molecular weight is 529 g/mol. The van der Waals surface area contributed by atoms with E-state index in [-0.39, 0.29) is 5.43 Å². The summed E-state index contributed by atoms with van der Waals surface area (Å²) in [6.07, 6.45) is 3.73. The van der Waals surface area contributed by atoms with E-state index in [9.17, 15) is 4.79 Å². The molecule has 39 heavy (non-hydrogen) atoms. The summed E-state index contributed by atoms with van der Waals surface area (Å²) in [6, 6.07) is 14.6. The molecule has 0 amide bonds. The lowest BCUT2D eigenvalue weighted by molar-refractivity contribution is 0.303. The molecule has 0 aliphatic carbocycles. The van der Waals surface area contributed by atoms with E-state index in [1.165, 1.54) is 17.2 Å². The molecule has 8 nitrogen and oxygen atoms in total. The van der Waals surface area contributed by atoms with Crippen molar-refractivity contribution in [2.75, 3.05) is 27.9 Å². The Morgan fingerprint density at radius 1 is 0.872 bits per heavy atom. The third kappa shape index (κ3) is 5.27. The van der Waals surface area contributed by atoms with E-state index in [1.54, 1.807) is 51.7 Å². The van der Waals surface area contributed by atoms with Crippen LogP contribution in [-0.4, -0.2) is 37.5 Å². The van der Waals surface area contributed by atoms with Crippen LogP contribution in [0.1, 0.15) is 24.0 Å². The smallest absolute Gasteiger partial charge is 0.203 e. The Hall–Kier alpha value is -4.46. The fraction of sp³-hybridized carbons (Fsp3) is 0.290. The Morgan fingerprint density at radius 3 is 2.33 bits per heavy atom. The van der Waals surface area contributed by atoms with Crippen LogP contribution in [0.4, 0.5) is 0 Å². The molecule has 2 aromatic heterocycles. The number of benzene rings is 3. The summed E-state index contributed by atoms with van der Waals surface area (Å²) < 4.78 is 30.6. The van der Waals surface area contributed by atoms with Gasteiger partial charge in [0.2, 0.25) is 5.75 Å². The van der Waals surface area contributed by atoms with Gasteiger partial charge < -0.3 is 27.9 Å². The molecule has 3 aromatic carbocycles. The van der Waals surface area contributed by atoms with Gasteiger partial charge in [-0.25, -0.2) is 4.98 Å². The molecular formula is C31H32N2O6. The molecule has 0 aliphatic heterocycles. The number of unbranched alkanes of at least 4 members (excludes halogenated alkanes) is 1. The quantitative estimate of drug-likeness (QED) is 0.196. The number of aromatic nitrogens is 2. The number of imidazole rings is 1. The Kier molecular flexibility index (Phi) is 7.45. The van der Waals surface area contributed by atoms with E-state index < -0.39 is 0 Å².